The lowest BCUT2D eigenvalue weighted by Crippen LogP contribution is -2.08. The van der Waals surface area contributed by atoms with Crippen LogP contribution in [-0.2, 0) is 6.42 Å². The largest absolute Gasteiger partial charge is 0.354 e. The first-order valence-corrected chi connectivity index (χ1v) is 6.81. The van der Waals surface area contributed by atoms with Crippen LogP contribution < -0.4 is 5.32 Å². The molecule has 3 aromatic rings. The number of imidazole rings is 2. The second-order valence-corrected chi connectivity index (χ2v) is 4.47. The minimum atomic E-state index is 0.582. The third-order valence-corrected chi connectivity index (χ3v) is 3.02. The smallest absolute Gasteiger partial charge is 0.226 e. The first kappa shape index (κ1) is 12.6. The van der Waals surface area contributed by atoms with Crippen molar-refractivity contribution < 1.29 is 0 Å². The zero-order valence-electron chi connectivity index (χ0n) is 11.6. The van der Waals surface area contributed by atoms with Crippen LogP contribution in [-0.4, -0.2) is 36.0 Å². The topological polar surface area (TPSA) is 84.3 Å². The van der Waals surface area contributed by atoms with Gasteiger partial charge in [0.15, 0.2) is 11.5 Å². The van der Waals surface area contributed by atoms with Crippen molar-refractivity contribution >= 4 is 17.1 Å². The summed E-state index contributed by atoms with van der Waals surface area (Å²) in [5.41, 5.74) is 1.48. The van der Waals surface area contributed by atoms with Crippen molar-refractivity contribution in [1.82, 2.24) is 29.5 Å². The number of anilines is 1. The summed E-state index contributed by atoms with van der Waals surface area (Å²) in [7, 11) is 0. The highest BCUT2D eigenvalue weighted by Gasteiger charge is 2.14. The molecule has 0 amide bonds. The van der Waals surface area contributed by atoms with Crippen molar-refractivity contribution in [3.05, 3.63) is 24.5 Å². The molecular formula is C13H17N7. The fourth-order valence-electron chi connectivity index (χ4n) is 2.17. The van der Waals surface area contributed by atoms with E-state index in [1.165, 1.54) is 0 Å². The van der Waals surface area contributed by atoms with Gasteiger partial charge in [-0.05, 0) is 13.3 Å². The molecule has 20 heavy (non-hydrogen) atoms. The maximum absolute atomic E-state index is 4.58. The van der Waals surface area contributed by atoms with Gasteiger partial charge in [0, 0.05) is 25.4 Å². The van der Waals surface area contributed by atoms with Gasteiger partial charge in [-0.1, -0.05) is 6.92 Å². The monoisotopic (exact) mass is 271 g/mol. The van der Waals surface area contributed by atoms with Gasteiger partial charge >= 0.3 is 0 Å². The molecule has 0 saturated carbocycles. The average Bonchev–Trinajstić information content (AvgIpc) is 3.07. The molecule has 0 spiro atoms. The number of aryl methyl sites for hydroxylation is 1. The van der Waals surface area contributed by atoms with E-state index in [9.17, 15) is 0 Å². The molecule has 3 rings (SSSR count). The van der Waals surface area contributed by atoms with E-state index in [0.29, 0.717) is 11.6 Å². The van der Waals surface area contributed by atoms with E-state index >= 15 is 0 Å². The normalized spacial score (nSPS) is 11.1. The van der Waals surface area contributed by atoms with Gasteiger partial charge in [0.1, 0.15) is 11.3 Å². The summed E-state index contributed by atoms with van der Waals surface area (Å²) in [6.45, 7) is 4.91. The number of aromatic nitrogens is 6. The summed E-state index contributed by atoms with van der Waals surface area (Å²) in [6.07, 6.45) is 7.29. The molecule has 0 aliphatic carbocycles. The molecule has 104 valence electrons. The zero-order valence-corrected chi connectivity index (χ0v) is 11.6. The number of hydrogen-bond donors (Lipinski definition) is 2. The highest BCUT2D eigenvalue weighted by molar-refractivity contribution is 5.79. The molecule has 0 radical (unpaired) electrons. The summed E-state index contributed by atoms with van der Waals surface area (Å²) < 4.78 is 1.99. The maximum atomic E-state index is 4.58. The molecule has 0 aliphatic rings. The van der Waals surface area contributed by atoms with Gasteiger partial charge in [0.2, 0.25) is 5.95 Å². The fraction of sp³-hybridized carbons (Fsp3) is 0.385. The van der Waals surface area contributed by atoms with Gasteiger partial charge in [0.25, 0.3) is 0 Å². The lowest BCUT2D eigenvalue weighted by atomic mass is 10.3. The minimum Gasteiger partial charge on any atom is -0.354 e. The van der Waals surface area contributed by atoms with Gasteiger partial charge in [0.05, 0.1) is 6.33 Å². The predicted octanol–water partition coefficient (Wildman–Crippen LogP) is 1.92. The third kappa shape index (κ3) is 2.11. The lowest BCUT2D eigenvalue weighted by molar-refractivity contribution is 0.799. The Hall–Kier alpha value is -2.44. The van der Waals surface area contributed by atoms with Crippen LogP contribution in [0.1, 0.15) is 26.1 Å². The Morgan fingerprint density at radius 3 is 2.95 bits per heavy atom. The summed E-state index contributed by atoms with van der Waals surface area (Å²) in [6, 6.07) is 0. The molecule has 2 N–H and O–H groups in total. The first-order chi connectivity index (χ1) is 9.83. The molecule has 3 heterocycles. The Balaban J connectivity index is 2.17. The van der Waals surface area contributed by atoms with Crippen LogP contribution >= 0.6 is 0 Å². The highest BCUT2D eigenvalue weighted by atomic mass is 15.2. The van der Waals surface area contributed by atoms with E-state index in [0.717, 1.165) is 36.5 Å². The van der Waals surface area contributed by atoms with Crippen molar-refractivity contribution in [2.75, 3.05) is 11.9 Å². The van der Waals surface area contributed by atoms with Crippen LogP contribution in [0.4, 0.5) is 5.95 Å². The second kappa shape index (κ2) is 5.28. The van der Waals surface area contributed by atoms with Gasteiger partial charge in [-0.15, -0.1) is 0 Å². The van der Waals surface area contributed by atoms with E-state index in [1.54, 1.807) is 12.5 Å². The van der Waals surface area contributed by atoms with Gasteiger partial charge in [-0.2, -0.15) is 9.97 Å². The first-order valence-electron chi connectivity index (χ1n) is 6.81. The number of nitrogens with zero attached hydrogens (tertiary/aromatic N) is 5. The number of nitrogens with one attached hydrogen (secondary N) is 2. The van der Waals surface area contributed by atoms with E-state index in [-0.39, 0.29) is 0 Å². The Bertz CT molecular complexity index is 712. The second-order valence-electron chi connectivity index (χ2n) is 4.47. The molecule has 3 aromatic heterocycles. The van der Waals surface area contributed by atoms with Gasteiger partial charge < -0.3 is 10.3 Å². The molecule has 0 aliphatic heterocycles. The van der Waals surface area contributed by atoms with E-state index < -0.39 is 0 Å². The number of aromatic amines is 1. The summed E-state index contributed by atoms with van der Waals surface area (Å²) >= 11 is 0. The van der Waals surface area contributed by atoms with E-state index in [2.05, 4.69) is 37.2 Å². The molecule has 0 atom stereocenters. The van der Waals surface area contributed by atoms with Crippen LogP contribution in [0, 0.1) is 0 Å². The molecule has 0 saturated heterocycles. The molecular weight excluding hydrogens is 254 g/mol. The van der Waals surface area contributed by atoms with Crippen LogP contribution in [0.5, 0.6) is 0 Å². The Kier molecular flexibility index (Phi) is 3.32. The molecule has 0 bridgehead atoms. The van der Waals surface area contributed by atoms with Crippen molar-refractivity contribution in [2.45, 2.75) is 26.7 Å². The Morgan fingerprint density at radius 2 is 2.15 bits per heavy atom. The lowest BCUT2D eigenvalue weighted by Gasteiger charge is -2.09. The fourth-order valence-corrected chi connectivity index (χ4v) is 2.17. The highest BCUT2D eigenvalue weighted by Crippen LogP contribution is 2.19. The molecule has 0 unspecified atom stereocenters. The Labute approximate surface area is 116 Å². The van der Waals surface area contributed by atoms with Crippen LogP contribution in [0.15, 0.2) is 18.7 Å². The van der Waals surface area contributed by atoms with E-state index in [4.69, 9.17) is 0 Å². The summed E-state index contributed by atoms with van der Waals surface area (Å²) in [4.78, 5) is 20.7. The molecule has 0 aromatic carbocycles. The predicted molar refractivity (Wildman–Crippen MR) is 77.0 cm³/mol. The summed E-state index contributed by atoms with van der Waals surface area (Å²) in [5, 5.41) is 3.13. The number of fused-ring (bicyclic) bond motifs is 1. The zero-order chi connectivity index (χ0) is 13.9. The van der Waals surface area contributed by atoms with Crippen LogP contribution in [0.25, 0.3) is 17.0 Å². The van der Waals surface area contributed by atoms with E-state index in [1.807, 2.05) is 17.7 Å². The Morgan fingerprint density at radius 1 is 1.25 bits per heavy atom. The number of rotatable bonds is 5. The standard InChI is InChI=1S/C13H17N7/c1-3-5-9-15-6-7-20(9)12-10-11(17-8-16-10)18-13(19-12)14-4-2/h6-8H,3-5H2,1-2H3,(H2,14,16,17,18,19). The van der Waals surface area contributed by atoms with Crippen LogP contribution in [0.2, 0.25) is 0 Å². The van der Waals surface area contributed by atoms with Crippen LogP contribution in [0.3, 0.4) is 0 Å². The van der Waals surface area contributed by atoms with Crippen molar-refractivity contribution in [1.29, 1.82) is 0 Å². The van der Waals surface area contributed by atoms with Gasteiger partial charge in [-0.3, -0.25) is 4.57 Å². The number of hydrogen-bond acceptors (Lipinski definition) is 5. The summed E-state index contributed by atoms with van der Waals surface area (Å²) in [5.74, 6) is 2.35. The number of H-pyrrole nitrogens is 1. The molecule has 0 fully saturated rings. The average molecular weight is 271 g/mol. The molecule has 7 nitrogen and oxygen atoms in total. The quantitative estimate of drug-likeness (QED) is 0.740. The molecule has 7 heteroatoms. The minimum absolute atomic E-state index is 0.582. The van der Waals surface area contributed by atoms with Gasteiger partial charge in [-0.25, -0.2) is 9.97 Å². The maximum Gasteiger partial charge on any atom is 0.226 e. The SMILES string of the molecule is CCCc1nccn1-c1nc(NCC)nc2nc[nH]c12. The van der Waals surface area contributed by atoms with Crippen molar-refractivity contribution in [3.8, 4) is 5.82 Å². The van der Waals surface area contributed by atoms with Crippen molar-refractivity contribution in [3.63, 3.8) is 0 Å². The van der Waals surface area contributed by atoms with Crippen molar-refractivity contribution in [2.24, 2.45) is 0 Å². The third-order valence-electron chi connectivity index (χ3n) is 3.02.